The number of hydrogen-bond acceptors (Lipinski definition) is 7. The van der Waals surface area contributed by atoms with Crippen LogP contribution < -0.4 is 0 Å². The van der Waals surface area contributed by atoms with Crippen molar-refractivity contribution in [1.82, 2.24) is 19.9 Å². The van der Waals surface area contributed by atoms with Gasteiger partial charge in [-0.1, -0.05) is 23.4 Å². The molecule has 1 aliphatic heterocycles. The molecule has 0 aliphatic carbocycles. The molecule has 1 aliphatic rings. The molecular formula is C17H22N4O4. The van der Waals surface area contributed by atoms with Gasteiger partial charge in [-0.05, 0) is 19.2 Å². The van der Waals surface area contributed by atoms with E-state index in [1.807, 2.05) is 30.3 Å². The van der Waals surface area contributed by atoms with Gasteiger partial charge in [-0.2, -0.15) is 4.98 Å². The van der Waals surface area contributed by atoms with E-state index in [0.717, 1.165) is 12.1 Å². The van der Waals surface area contributed by atoms with Crippen molar-refractivity contribution >= 4 is 5.97 Å². The third-order valence-corrected chi connectivity index (χ3v) is 4.00. The minimum Gasteiger partial charge on any atom is -0.480 e. The Morgan fingerprint density at radius 2 is 2.20 bits per heavy atom. The Kier molecular flexibility index (Phi) is 5.75. The maximum Gasteiger partial charge on any atom is 0.317 e. The van der Waals surface area contributed by atoms with Gasteiger partial charge < -0.3 is 14.4 Å². The first-order valence-corrected chi connectivity index (χ1v) is 8.22. The highest BCUT2D eigenvalue weighted by atomic mass is 16.5. The summed E-state index contributed by atoms with van der Waals surface area (Å²) in [5.74, 6) is 0.315. The van der Waals surface area contributed by atoms with Crippen molar-refractivity contribution < 1.29 is 19.2 Å². The highest BCUT2D eigenvalue weighted by molar-refractivity contribution is 5.69. The van der Waals surface area contributed by atoms with Gasteiger partial charge in [0.05, 0.1) is 25.8 Å². The zero-order valence-corrected chi connectivity index (χ0v) is 14.2. The summed E-state index contributed by atoms with van der Waals surface area (Å²) in [7, 11) is 1.78. The molecule has 0 amide bonds. The molecule has 3 rings (SSSR count). The Balaban J connectivity index is 1.54. The molecular weight excluding hydrogens is 324 g/mol. The lowest BCUT2D eigenvalue weighted by Gasteiger charge is -2.33. The summed E-state index contributed by atoms with van der Waals surface area (Å²) >= 11 is 0. The molecule has 0 radical (unpaired) electrons. The summed E-state index contributed by atoms with van der Waals surface area (Å²) in [6.45, 7) is 3.26. The van der Waals surface area contributed by atoms with E-state index in [1.165, 1.54) is 0 Å². The van der Waals surface area contributed by atoms with Crippen LogP contribution in [0.25, 0.3) is 11.5 Å². The molecule has 1 N–H and O–H groups in total. The number of carboxylic acid groups (broad SMARTS) is 1. The fourth-order valence-corrected chi connectivity index (χ4v) is 2.89. The van der Waals surface area contributed by atoms with Crippen molar-refractivity contribution in [3.05, 3.63) is 36.2 Å². The number of nitrogens with zero attached hydrogens (tertiary/aromatic N) is 4. The third-order valence-electron chi connectivity index (χ3n) is 4.00. The van der Waals surface area contributed by atoms with E-state index in [9.17, 15) is 4.79 Å². The molecule has 1 aromatic carbocycles. The second kappa shape index (κ2) is 8.19. The van der Waals surface area contributed by atoms with Crippen LogP contribution in [0.1, 0.15) is 5.82 Å². The topological polar surface area (TPSA) is 91.9 Å². The van der Waals surface area contributed by atoms with Gasteiger partial charge in [0.25, 0.3) is 5.89 Å². The normalized spacial score (nSPS) is 18.6. The SMILES string of the molecule is CN(CC(=O)O)CC1CN(Cc2noc(-c3ccccc3)n2)CCO1. The molecule has 8 nitrogen and oxygen atoms in total. The smallest absolute Gasteiger partial charge is 0.317 e. The van der Waals surface area contributed by atoms with Crippen molar-refractivity contribution in [3.8, 4) is 11.5 Å². The van der Waals surface area contributed by atoms with Crippen LogP contribution in [0.2, 0.25) is 0 Å². The molecule has 0 bridgehead atoms. The predicted molar refractivity (Wildman–Crippen MR) is 89.9 cm³/mol. The predicted octanol–water partition coefficient (Wildman–Crippen LogP) is 0.954. The first-order chi connectivity index (χ1) is 12.1. The maximum atomic E-state index is 10.8. The summed E-state index contributed by atoms with van der Waals surface area (Å²) in [5.41, 5.74) is 0.899. The minimum absolute atomic E-state index is 0.00510. The van der Waals surface area contributed by atoms with Crippen LogP contribution in [0.15, 0.2) is 34.9 Å². The molecule has 25 heavy (non-hydrogen) atoms. The van der Waals surface area contributed by atoms with Crippen LogP contribution in [-0.4, -0.2) is 77.0 Å². The van der Waals surface area contributed by atoms with Gasteiger partial charge in [-0.15, -0.1) is 0 Å². The number of aliphatic carboxylic acids is 1. The van der Waals surface area contributed by atoms with Crippen LogP contribution in [0.4, 0.5) is 0 Å². The number of aromatic nitrogens is 2. The minimum atomic E-state index is -0.838. The van der Waals surface area contributed by atoms with Crippen LogP contribution in [0.3, 0.4) is 0 Å². The molecule has 0 saturated carbocycles. The van der Waals surface area contributed by atoms with Crippen molar-refractivity contribution in [1.29, 1.82) is 0 Å². The van der Waals surface area contributed by atoms with Crippen molar-refractivity contribution in [3.63, 3.8) is 0 Å². The van der Waals surface area contributed by atoms with Crippen LogP contribution in [0, 0.1) is 0 Å². The summed E-state index contributed by atoms with van der Waals surface area (Å²) in [4.78, 5) is 19.2. The number of likely N-dealkylation sites (N-methyl/N-ethyl adjacent to an activating group) is 1. The first-order valence-electron chi connectivity index (χ1n) is 8.22. The zero-order valence-electron chi connectivity index (χ0n) is 14.2. The van der Waals surface area contributed by atoms with E-state index in [-0.39, 0.29) is 12.6 Å². The number of benzene rings is 1. The maximum absolute atomic E-state index is 10.8. The number of ether oxygens (including phenoxy) is 1. The van der Waals surface area contributed by atoms with E-state index in [1.54, 1.807) is 11.9 Å². The van der Waals surface area contributed by atoms with Crippen molar-refractivity contribution in [2.75, 3.05) is 39.8 Å². The Hall–Kier alpha value is -2.29. The molecule has 1 fully saturated rings. The van der Waals surface area contributed by atoms with Gasteiger partial charge in [0.2, 0.25) is 0 Å². The van der Waals surface area contributed by atoms with Crippen LogP contribution in [0.5, 0.6) is 0 Å². The average Bonchev–Trinajstić information content (AvgIpc) is 3.03. The molecule has 1 aromatic heterocycles. The average molecular weight is 346 g/mol. The highest BCUT2D eigenvalue weighted by Gasteiger charge is 2.23. The van der Waals surface area contributed by atoms with Gasteiger partial charge in [0.15, 0.2) is 5.82 Å². The molecule has 0 spiro atoms. The quantitative estimate of drug-likeness (QED) is 0.792. The molecule has 1 atom stereocenters. The zero-order chi connectivity index (χ0) is 17.6. The molecule has 1 saturated heterocycles. The van der Waals surface area contributed by atoms with E-state index in [0.29, 0.717) is 38.0 Å². The second-order valence-electron chi connectivity index (χ2n) is 6.20. The van der Waals surface area contributed by atoms with Gasteiger partial charge in [0.1, 0.15) is 0 Å². The number of carbonyl (C=O) groups is 1. The monoisotopic (exact) mass is 346 g/mol. The Morgan fingerprint density at radius 1 is 1.40 bits per heavy atom. The standard InChI is InChI=1S/C17H22N4O4/c1-20(12-16(22)23)9-14-10-21(7-8-24-14)11-15-18-17(25-19-15)13-5-3-2-4-6-13/h2-6,14H,7-12H2,1H3,(H,22,23). The fourth-order valence-electron chi connectivity index (χ4n) is 2.89. The Morgan fingerprint density at radius 3 is 2.96 bits per heavy atom. The van der Waals surface area contributed by atoms with Gasteiger partial charge >= 0.3 is 5.97 Å². The lowest BCUT2D eigenvalue weighted by molar-refractivity contribution is -0.138. The van der Waals surface area contributed by atoms with Gasteiger partial charge in [0, 0.05) is 25.2 Å². The summed E-state index contributed by atoms with van der Waals surface area (Å²) in [5, 5.41) is 12.9. The Bertz CT molecular complexity index is 691. The first kappa shape index (κ1) is 17.5. The highest BCUT2D eigenvalue weighted by Crippen LogP contribution is 2.17. The van der Waals surface area contributed by atoms with Crippen LogP contribution in [-0.2, 0) is 16.1 Å². The molecule has 134 valence electrons. The lowest BCUT2D eigenvalue weighted by Crippen LogP contribution is -2.47. The molecule has 2 heterocycles. The van der Waals surface area contributed by atoms with Crippen LogP contribution >= 0.6 is 0 Å². The summed E-state index contributed by atoms with van der Waals surface area (Å²) in [6.07, 6.45) is -0.0291. The number of morpholine rings is 1. The third kappa shape index (κ3) is 5.09. The fraction of sp³-hybridized carbons (Fsp3) is 0.471. The van der Waals surface area contributed by atoms with E-state index in [2.05, 4.69) is 15.0 Å². The van der Waals surface area contributed by atoms with Crippen molar-refractivity contribution in [2.24, 2.45) is 0 Å². The molecule has 1 unspecified atom stereocenters. The Labute approximate surface area is 146 Å². The van der Waals surface area contributed by atoms with Gasteiger partial charge in [-0.3, -0.25) is 14.6 Å². The summed E-state index contributed by atoms with van der Waals surface area (Å²) < 4.78 is 11.1. The second-order valence-corrected chi connectivity index (χ2v) is 6.20. The molecule has 2 aromatic rings. The largest absolute Gasteiger partial charge is 0.480 e. The van der Waals surface area contributed by atoms with E-state index < -0.39 is 5.97 Å². The van der Waals surface area contributed by atoms with E-state index >= 15 is 0 Å². The lowest BCUT2D eigenvalue weighted by atomic mass is 10.2. The molecule has 8 heteroatoms. The number of carboxylic acids is 1. The number of rotatable bonds is 7. The number of hydrogen-bond donors (Lipinski definition) is 1. The van der Waals surface area contributed by atoms with Gasteiger partial charge in [-0.25, -0.2) is 0 Å². The van der Waals surface area contributed by atoms with Crippen molar-refractivity contribution in [2.45, 2.75) is 12.6 Å². The summed E-state index contributed by atoms with van der Waals surface area (Å²) in [6, 6.07) is 9.66. The van der Waals surface area contributed by atoms with E-state index in [4.69, 9.17) is 14.4 Å².